The molecule has 20 heavy (non-hydrogen) atoms. The van der Waals surface area contributed by atoms with Crippen LogP contribution in [0.5, 0.6) is 0 Å². The number of benzene rings is 1. The molecule has 4 nitrogen and oxygen atoms in total. The number of rotatable bonds is 6. The molecule has 4 heteroatoms. The van der Waals surface area contributed by atoms with Gasteiger partial charge in [0, 0.05) is 0 Å². The Labute approximate surface area is 118 Å². The molecule has 0 bridgehead atoms. The maximum absolute atomic E-state index is 11.4. The molecule has 0 heterocycles. The molecule has 1 rings (SSSR count). The lowest BCUT2D eigenvalue weighted by molar-refractivity contribution is -0.158. The van der Waals surface area contributed by atoms with Crippen molar-refractivity contribution < 1.29 is 19.1 Å². The molecule has 0 unspecified atom stereocenters. The van der Waals surface area contributed by atoms with Gasteiger partial charge in [0.15, 0.2) is 5.92 Å². The zero-order valence-electron chi connectivity index (χ0n) is 11.6. The van der Waals surface area contributed by atoms with Gasteiger partial charge >= 0.3 is 11.9 Å². The first-order valence-electron chi connectivity index (χ1n) is 6.23. The summed E-state index contributed by atoms with van der Waals surface area (Å²) >= 11 is 0. The molecule has 0 saturated carbocycles. The highest BCUT2D eigenvalue weighted by molar-refractivity contribution is 5.94. The van der Waals surface area contributed by atoms with Crippen LogP contribution in [-0.2, 0) is 19.1 Å². The van der Waals surface area contributed by atoms with Crippen LogP contribution in [0.1, 0.15) is 12.0 Å². The lowest BCUT2D eigenvalue weighted by atomic mass is 10.1. The van der Waals surface area contributed by atoms with E-state index in [1.54, 1.807) is 12.2 Å². The van der Waals surface area contributed by atoms with E-state index in [1.165, 1.54) is 14.2 Å². The minimum atomic E-state index is -0.911. The van der Waals surface area contributed by atoms with Crippen LogP contribution in [0, 0.1) is 5.92 Å². The van der Waals surface area contributed by atoms with Gasteiger partial charge in [0.2, 0.25) is 0 Å². The van der Waals surface area contributed by atoms with Crippen LogP contribution in [0.3, 0.4) is 0 Å². The molecule has 0 amide bonds. The third kappa shape index (κ3) is 5.10. The van der Waals surface area contributed by atoms with Crippen LogP contribution in [0.25, 0.3) is 6.08 Å². The summed E-state index contributed by atoms with van der Waals surface area (Å²) in [7, 11) is 2.49. The number of allylic oxidation sites excluding steroid dienone is 3. The van der Waals surface area contributed by atoms with E-state index in [0.717, 1.165) is 5.56 Å². The van der Waals surface area contributed by atoms with Crippen molar-refractivity contribution in [1.29, 1.82) is 0 Å². The summed E-state index contributed by atoms with van der Waals surface area (Å²) in [5.74, 6) is -2.09. The molecule has 106 valence electrons. The minimum absolute atomic E-state index is 0.248. The van der Waals surface area contributed by atoms with E-state index in [-0.39, 0.29) is 6.42 Å². The molecule has 0 aliphatic rings. The van der Waals surface area contributed by atoms with E-state index in [0.29, 0.717) is 0 Å². The predicted molar refractivity (Wildman–Crippen MR) is 76.8 cm³/mol. The molecule has 0 saturated heterocycles. The highest BCUT2D eigenvalue weighted by Gasteiger charge is 2.26. The quantitative estimate of drug-likeness (QED) is 0.454. The number of carbonyl (C=O) groups is 2. The second kappa shape index (κ2) is 8.69. The van der Waals surface area contributed by atoms with Gasteiger partial charge in [-0.25, -0.2) is 0 Å². The Kier molecular flexibility index (Phi) is 6.82. The molecule has 0 atom stereocenters. The molecule has 1 aromatic rings. The maximum atomic E-state index is 11.4. The van der Waals surface area contributed by atoms with Crippen molar-refractivity contribution in [2.45, 2.75) is 6.42 Å². The van der Waals surface area contributed by atoms with Crippen LogP contribution in [0.15, 0.2) is 48.6 Å². The van der Waals surface area contributed by atoms with Crippen LogP contribution >= 0.6 is 0 Å². The van der Waals surface area contributed by atoms with Crippen molar-refractivity contribution in [2.24, 2.45) is 5.92 Å². The first-order chi connectivity index (χ1) is 9.69. The Bertz CT molecular complexity index is 472. The van der Waals surface area contributed by atoms with Gasteiger partial charge in [-0.1, -0.05) is 54.6 Å². The van der Waals surface area contributed by atoms with Gasteiger partial charge in [-0.15, -0.1) is 0 Å². The number of hydrogen-bond donors (Lipinski definition) is 0. The molecular weight excluding hydrogens is 256 g/mol. The maximum Gasteiger partial charge on any atom is 0.320 e. The Morgan fingerprint density at radius 2 is 1.65 bits per heavy atom. The molecule has 1 aromatic carbocycles. The van der Waals surface area contributed by atoms with Gasteiger partial charge in [-0.3, -0.25) is 9.59 Å². The summed E-state index contributed by atoms with van der Waals surface area (Å²) in [6, 6.07) is 9.82. The Morgan fingerprint density at radius 3 is 2.20 bits per heavy atom. The van der Waals surface area contributed by atoms with E-state index in [1.807, 2.05) is 42.5 Å². The zero-order chi connectivity index (χ0) is 14.8. The van der Waals surface area contributed by atoms with Crippen molar-refractivity contribution >= 4 is 18.0 Å². The molecule has 0 aliphatic carbocycles. The number of hydrogen-bond acceptors (Lipinski definition) is 4. The number of ether oxygens (including phenoxy) is 2. The molecule has 0 aromatic heterocycles. The summed E-state index contributed by atoms with van der Waals surface area (Å²) in [4.78, 5) is 22.8. The van der Waals surface area contributed by atoms with Gasteiger partial charge in [0.1, 0.15) is 0 Å². The van der Waals surface area contributed by atoms with Crippen molar-refractivity contribution in [3.05, 3.63) is 54.1 Å². The van der Waals surface area contributed by atoms with Gasteiger partial charge in [0.25, 0.3) is 0 Å². The highest BCUT2D eigenvalue weighted by atomic mass is 16.5. The lowest BCUT2D eigenvalue weighted by Crippen LogP contribution is -2.25. The van der Waals surface area contributed by atoms with Gasteiger partial charge < -0.3 is 9.47 Å². The monoisotopic (exact) mass is 274 g/mol. The average Bonchev–Trinajstić information content (AvgIpc) is 2.50. The van der Waals surface area contributed by atoms with Crippen LogP contribution in [0.2, 0.25) is 0 Å². The molecule has 0 aliphatic heterocycles. The fourth-order valence-electron chi connectivity index (χ4n) is 1.60. The third-order valence-corrected chi connectivity index (χ3v) is 2.68. The molecule has 0 spiro atoms. The normalized spacial score (nSPS) is 11.2. The lowest BCUT2D eigenvalue weighted by Gasteiger charge is -2.09. The molecule has 0 radical (unpaired) electrons. The van der Waals surface area contributed by atoms with Gasteiger partial charge in [-0.05, 0) is 12.0 Å². The van der Waals surface area contributed by atoms with Crippen molar-refractivity contribution in [3.63, 3.8) is 0 Å². The Balaban J connectivity index is 2.55. The number of carbonyl (C=O) groups excluding carboxylic acids is 2. The summed E-state index contributed by atoms with van der Waals surface area (Å²) in [6.45, 7) is 0. The summed E-state index contributed by atoms with van der Waals surface area (Å²) in [5, 5.41) is 0. The topological polar surface area (TPSA) is 52.6 Å². The summed E-state index contributed by atoms with van der Waals surface area (Å²) in [6.07, 6.45) is 7.55. The highest BCUT2D eigenvalue weighted by Crippen LogP contribution is 2.09. The van der Waals surface area contributed by atoms with Gasteiger partial charge in [-0.2, -0.15) is 0 Å². The second-order valence-electron chi connectivity index (χ2n) is 4.03. The summed E-state index contributed by atoms with van der Waals surface area (Å²) < 4.78 is 9.14. The molecular formula is C16H18O4. The Hall–Kier alpha value is -2.36. The zero-order valence-corrected chi connectivity index (χ0v) is 11.6. The van der Waals surface area contributed by atoms with E-state index < -0.39 is 17.9 Å². The van der Waals surface area contributed by atoms with E-state index in [2.05, 4.69) is 9.47 Å². The SMILES string of the molecule is COC(=O)C(C/C=C/C=C/c1ccccc1)C(=O)OC. The third-order valence-electron chi connectivity index (χ3n) is 2.68. The first kappa shape index (κ1) is 15.7. The Morgan fingerprint density at radius 1 is 1.05 bits per heavy atom. The van der Waals surface area contributed by atoms with Crippen LogP contribution < -0.4 is 0 Å². The standard InChI is InChI=1S/C16H18O4/c1-19-15(17)14(16(18)20-2)12-8-4-7-11-13-9-5-3-6-10-13/h3-11,14H,12H2,1-2H3/b8-4+,11-7+. The smallest absolute Gasteiger partial charge is 0.320 e. The molecule has 0 fully saturated rings. The average molecular weight is 274 g/mol. The largest absolute Gasteiger partial charge is 0.468 e. The fraction of sp³-hybridized carbons (Fsp3) is 0.250. The second-order valence-corrected chi connectivity index (χ2v) is 4.03. The van der Waals surface area contributed by atoms with Crippen molar-refractivity contribution in [1.82, 2.24) is 0 Å². The number of methoxy groups -OCH3 is 2. The van der Waals surface area contributed by atoms with E-state index >= 15 is 0 Å². The van der Waals surface area contributed by atoms with Crippen molar-refractivity contribution in [2.75, 3.05) is 14.2 Å². The fourth-order valence-corrected chi connectivity index (χ4v) is 1.60. The van der Waals surface area contributed by atoms with E-state index in [9.17, 15) is 9.59 Å². The molecule has 0 N–H and O–H groups in total. The van der Waals surface area contributed by atoms with Crippen molar-refractivity contribution in [3.8, 4) is 0 Å². The minimum Gasteiger partial charge on any atom is -0.468 e. The first-order valence-corrected chi connectivity index (χ1v) is 6.23. The van der Waals surface area contributed by atoms with Crippen LogP contribution in [0.4, 0.5) is 0 Å². The van der Waals surface area contributed by atoms with E-state index in [4.69, 9.17) is 0 Å². The van der Waals surface area contributed by atoms with Crippen LogP contribution in [-0.4, -0.2) is 26.2 Å². The number of esters is 2. The predicted octanol–water partition coefficient (Wildman–Crippen LogP) is 2.61. The summed E-state index contributed by atoms with van der Waals surface area (Å²) in [5.41, 5.74) is 1.08. The van der Waals surface area contributed by atoms with Gasteiger partial charge in [0.05, 0.1) is 14.2 Å².